The lowest BCUT2D eigenvalue weighted by atomic mass is 9.87. The van der Waals surface area contributed by atoms with Crippen molar-refractivity contribution in [1.82, 2.24) is 9.62 Å². The van der Waals surface area contributed by atoms with Gasteiger partial charge in [0.05, 0.1) is 6.26 Å². The minimum absolute atomic E-state index is 0.0439. The lowest BCUT2D eigenvalue weighted by molar-refractivity contribution is 0.0950. The Morgan fingerprint density at radius 2 is 1.70 bits per heavy atom. The predicted molar refractivity (Wildman–Crippen MR) is 94.2 cm³/mol. The topological polar surface area (TPSA) is 66.5 Å². The molecule has 0 aromatic heterocycles. The van der Waals surface area contributed by atoms with E-state index in [1.807, 2.05) is 26.0 Å². The van der Waals surface area contributed by atoms with E-state index in [1.54, 1.807) is 12.1 Å². The highest BCUT2D eigenvalue weighted by Crippen LogP contribution is 2.22. The van der Waals surface area contributed by atoms with Gasteiger partial charge in [-0.25, -0.2) is 8.42 Å². The van der Waals surface area contributed by atoms with Crippen LogP contribution in [0, 0.1) is 0 Å². The normalized spacial score (nSPS) is 12.7. The highest BCUT2D eigenvalue weighted by Gasteiger charge is 2.20. The van der Waals surface area contributed by atoms with Crippen LogP contribution >= 0.6 is 0 Å². The van der Waals surface area contributed by atoms with Gasteiger partial charge in [0.2, 0.25) is 10.0 Å². The highest BCUT2D eigenvalue weighted by molar-refractivity contribution is 7.88. The molecule has 1 aromatic carbocycles. The Hall–Kier alpha value is -1.40. The summed E-state index contributed by atoms with van der Waals surface area (Å²) in [4.78, 5) is 12.1. The van der Waals surface area contributed by atoms with Crippen LogP contribution in [-0.2, 0) is 15.4 Å². The summed E-state index contributed by atoms with van der Waals surface area (Å²) >= 11 is 0. The second-order valence-electron chi connectivity index (χ2n) is 7.05. The SMILES string of the molecule is CC(C)N(CCNC(=O)c1ccc(C(C)(C)C)cc1)S(C)(=O)=O. The van der Waals surface area contributed by atoms with Crippen molar-refractivity contribution in [3.8, 4) is 0 Å². The highest BCUT2D eigenvalue weighted by atomic mass is 32.2. The molecule has 0 aliphatic rings. The van der Waals surface area contributed by atoms with Gasteiger partial charge in [0.1, 0.15) is 0 Å². The van der Waals surface area contributed by atoms with Crippen LogP contribution in [-0.4, -0.2) is 44.0 Å². The van der Waals surface area contributed by atoms with E-state index >= 15 is 0 Å². The Bertz CT molecular complexity index is 629. The van der Waals surface area contributed by atoms with E-state index in [4.69, 9.17) is 0 Å². The summed E-state index contributed by atoms with van der Waals surface area (Å²) in [6, 6.07) is 7.37. The fourth-order valence-corrected chi connectivity index (χ4v) is 3.50. The van der Waals surface area contributed by atoms with E-state index in [0.29, 0.717) is 5.56 Å². The summed E-state index contributed by atoms with van der Waals surface area (Å²) < 4.78 is 24.7. The summed E-state index contributed by atoms with van der Waals surface area (Å²) in [6.45, 7) is 10.5. The number of carbonyl (C=O) groups is 1. The standard InChI is InChI=1S/C17H28N2O3S/c1-13(2)19(23(6,21)22)12-11-18-16(20)14-7-9-15(10-8-14)17(3,4)5/h7-10,13H,11-12H2,1-6H3,(H,18,20). The van der Waals surface area contributed by atoms with Crippen LogP contribution in [0.5, 0.6) is 0 Å². The maximum absolute atomic E-state index is 12.1. The molecule has 0 saturated carbocycles. The van der Waals surface area contributed by atoms with Crippen LogP contribution in [0.2, 0.25) is 0 Å². The van der Waals surface area contributed by atoms with Crippen molar-refractivity contribution in [1.29, 1.82) is 0 Å². The number of nitrogens with zero attached hydrogens (tertiary/aromatic N) is 1. The van der Waals surface area contributed by atoms with Gasteiger partial charge in [-0.2, -0.15) is 4.31 Å². The molecule has 23 heavy (non-hydrogen) atoms. The van der Waals surface area contributed by atoms with Gasteiger partial charge in [-0.3, -0.25) is 4.79 Å². The molecule has 1 rings (SSSR count). The summed E-state index contributed by atoms with van der Waals surface area (Å²) in [6.07, 6.45) is 1.18. The molecule has 0 heterocycles. The second kappa shape index (κ2) is 7.45. The molecular formula is C17H28N2O3S. The van der Waals surface area contributed by atoms with E-state index in [2.05, 4.69) is 26.1 Å². The first-order chi connectivity index (χ1) is 10.4. The minimum Gasteiger partial charge on any atom is -0.351 e. The Labute approximate surface area is 140 Å². The van der Waals surface area contributed by atoms with Gasteiger partial charge >= 0.3 is 0 Å². The average molecular weight is 340 g/mol. The lowest BCUT2D eigenvalue weighted by Gasteiger charge is -2.24. The van der Waals surface area contributed by atoms with E-state index in [1.165, 1.54) is 10.6 Å². The number of hydrogen-bond donors (Lipinski definition) is 1. The third kappa shape index (κ3) is 5.95. The molecule has 6 heteroatoms. The maximum Gasteiger partial charge on any atom is 0.251 e. The van der Waals surface area contributed by atoms with E-state index in [-0.39, 0.29) is 30.5 Å². The van der Waals surface area contributed by atoms with Gasteiger partial charge in [0, 0.05) is 24.7 Å². The molecule has 0 unspecified atom stereocenters. The number of sulfonamides is 1. The molecular weight excluding hydrogens is 312 g/mol. The molecule has 0 saturated heterocycles. The quantitative estimate of drug-likeness (QED) is 0.864. The number of hydrogen-bond acceptors (Lipinski definition) is 3. The zero-order valence-electron chi connectivity index (χ0n) is 14.9. The van der Waals surface area contributed by atoms with Crippen molar-refractivity contribution in [3.63, 3.8) is 0 Å². The molecule has 0 bridgehead atoms. The lowest BCUT2D eigenvalue weighted by Crippen LogP contribution is -2.41. The molecule has 0 radical (unpaired) electrons. The molecule has 0 aliphatic heterocycles. The van der Waals surface area contributed by atoms with Crippen LogP contribution in [0.4, 0.5) is 0 Å². The third-order valence-electron chi connectivity index (χ3n) is 3.63. The van der Waals surface area contributed by atoms with Gasteiger partial charge in [-0.1, -0.05) is 32.9 Å². The molecule has 1 aromatic rings. The number of rotatable bonds is 6. The Kier molecular flexibility index (Phi) is 6.36. The van der Waals surface area contributed by atoms with Gasteiger partial charge in [0.25, 0.3) is 5.91 Å². The van der Waals surface area contributed by atoms with Crippen molar-refractivity contribution in [2.45, 2.75) is 46.1 Å². The fraction of sp³-hybridized carbons (Fsp3) is 0.588. The molecule has 0 spiro atoms. The number of amides is 1. The summed E-state index contributed by atoms with van der Waals surface area (Å²) in [5.41, 5.74) is 1.79. The molecule has 0 fully saturated rings. The van der Waals surface area contributed by atoms with Crippen LogP contribution in [0.3, 0.4) is 0 Å². The van der Waals surface area contributed by atoms with Crippen LogP contribution in [0.25, 0.3) is 0 Å². The average Bonchev–Trinajstić information content (AvgIpc) is 2.40. The second-order valence-corrected chi connectivity index (χ2v) is 8.99. The number of carbonyl (C=O) groups excluding carboxylic acids is 1. The Morgan fingerprint density at radius 3 is 2.09 bits per heavy atom. The first-order valence-corrected chi connectivity index (χ1v) is 9.63. The zero-order valence-corrected chi connectivity index (χ0v) is 15.7. The molecule has 1 amide bonds. The van der Waals surface area contributed by atoms with E-state index in [0.717, 1.165) is 5.56 Å². The van der Waals surface area contributed by atoms with E-state index in [9.17, 15) is 13.2 Å². The Balaban J connectivity index is 2.64. The summed E-state index contributed by atoms with van der Waals surface area (Å²) in [5.74, 6) is -0.192. The zero-order chi connectivity index (χ0) is 17.8. The van der Waals surface area contributed by atoms with Crippen molar-refractivity contribution in [2.75, 3.05) is 19.3 Å². The van der Waals surface area contributed by atoms with Gasteiger partial charge in [0.15, 0.2) is 0 Å². The summed E-state index contributed by atoms with van der Waals surface area (Å²) in [5, 5.41) is 2.77. The first kappa shape index (κ1) is 19.6. The van der Waals surface area contributed by atoms with Crippen molar-refractivity contribution < 1.29 is 13.2 Å². The Morgan fingerprint density at radius 1 is 1.17 bits per heavy atom. The predicted octanol–water partition coefficient (Wildman–Crippen LogP) is 2.38. The maximum atomic E-state index is 12.1. The number of benzene rings is 1. The largest absolute Gasteiger partial charge is 0.351 e. The summed E-state index contributed by atoms with van der Waals surface area (Å²) in [7, 11) is -3.27. The van der Waals surface area contributed by atoms with Crippen LogP contribution < -0.4 is 5.32 Å². The molecule has 1 N–H and O–H groups in total. The molecule has 0 atom stereocenters. The molecule has 130 valence electrons. The monoisotopic (exact) mass is 340 g/mol. The van der Waals surface area contributed by atoms with Crippen molar-refractivity contribution in [2.24, 2.45) is 0 Å². The van der Waals surface area contributed by atoms with Gasteiger partial charge in [-0.15, -0.1) is 0 Å². The van der Waals surface area contributed by atoms with Gasteiger partial charge < -0.3 is 5.32 Å². The molecule has 0 aliphatic carbocycles. The number of nitrogens with one attached hydrogen (secondary N) is 1. The van der Waals surface area contributed by atoms with Crippen molar-refractivity contribution >= 4 is 15.9 Å². The van der Waals surface area contributed by atoms with Crippen molar-refractivity contribution in [3.05, 3.63) is 35.4 Å². The first-order valence-electron chi connectivity index (χ1n) is 7.78. The smallest absolute Gasteiger partial charge is 0.251 e. The van der Waals surface area contributed by atoms with Gasteiger partial charge in [-0.05, 0) is 37.0 Å². The fourth-order valence-electron chi connectivity index (χ4n) is 2.31. The molecule has 5 nitrogen and oxygen atoms in total. The van der Waals surface area contributed by atoms with Crippen LogP contribution in [0.1, 0.15) is 50.5 Å². The third-order valence-corrected chi connectivity index (χ3v) is 5.09. The van der Waals surface area contributed by atoms with Crippen LogP contribution in [0.15, 0.2) is 24.3 Å². The minimum atomic E-state index is -3.27. The van der Waals surface area contributed by atoms with E-state index < -0.39 is 10.0 Å².